The number of allylic oxidation sites excluding steroid dienone is 1. The molecule has 0 atom stereocenters. The van der Waals surface area contributed by atoms with Crippen LogP contribution in [-0.2, 0) is 6.54 Å². The molecule has 0 aliphatic carbocycles. The van der Waals surface area contributed by atoms with Crippen LogP contribution < -0.4 is 5.56 Å². The van der Waals surface area contributed by atoms with Crippen molar-refractivity contribution >= 4 is 33.8 Å². The summed E-state index contributed by atoms with van der Waals surface area (Å²) in [4.78, 5) is 17.4. The molecule has 0 aliphatic rings. The molecular formula is C15H12N2OS2. The number of rotatable bonds is 3. The number of hydrogen-bond acceptors (Lipinski definition) is 3. The SMILES string of the molecule is C=CCn1c(=S)[nH]c2sc(-c3ccccc3)cc2c1=O. The Morgan fingerprint density at radius 1 is 1.35 bits per heavy atom. The first-order chi connectivity index (χ1) is 9.70. The molecule has 0 saturated heterocycles. The summed E-state index contributed by atoms with van der Waals surface area (Å²) in [6.45, 7) is 4.07. The fourth-order valence-electron chi connectivity index (χ4n) is 2.08. The monoisotopic (exact) mass is 300 g/mol. The summed E-state index contributed by atoms with van der Waals surface area (Å²) < 4.78 is 1.95. The van der Waals surface area contributed by atoms with E-state index in [0.29, 0.717) is 16.7 Å². The fourth-order valence-corrected chi connectivity index (χ4v) is 3.46. The Balaban J connectivity index is 2.27. The number of nitrogens with one attached hydrogen (secondary N) is 1. The maximum Gasteiger partial charge on any atom is 0.263 e. The van der Waals surface area contributed by atoms with Crippen LogP contribution in [-0.4, -0.2) is 9.55 Å². The number of aromatic amines is 1. The summed E-state index contributed by atoms with van der Waals surface area (Å²) in [5, 5.41) is 0.671. The van der Waals surface area contributed by atoms with Crippen LogP contribution in [0.15, 0.2) is 53.8 Å². The standard InChI is InChI=1S/C15H12N2OS2/c1-2-8-17-14(18)11-9-12(10-6-4-3-5-7-10)20-13(11)16-15(17)19/h2-7,9H,1,8H2,(H,16,19). The van der Waals surface area contributed by atoms with E-state index < -0.39 is 0 Å². The van der Waals surface area contributed by atoms with Crippen molar-refractivity contribution in [3.8, 4) is 10.4 Å². The molecule has 0 radical (unpaired) electrons. The molecule has 0 aliphatic heterocycles. The second kappa shape index (κ2) is 5.19. The maximum absolute atomic E-state index is 12.4. The number of benzene rings is 1. The van der Waals surface area contributed by atoms with Gasteiger partial charge >= 0.3 is 0 Å². The summed E-state index contributed by atoms with van der Waals surface area (Å²) >= 11 is 6.77. The van der Waals surface area contributed by atoms with Gasteiger partial charge in [0.1, 0.15) is 4.83 Å². The molecule has 100 valence electrons. The number of fused-ring (bicyclic) bond motifs is 1. The van der Waals surface area contributed by atoms with E-state index in [0.717, 1.165) is 15.3 Å². The summed E-state index contributed by atoms with van der Waals surface area (Å²) in [6, 6.07) is 11.9. The van der Waals surface area contributed by atoms with Gasteiger partial charge in [0.25, 0.3) is 5.56 Å². The molecule has 1 aromatic carbocycles. The molecule has 3 rings (SSSR count). The first kappa shape index (κ1) is 13.0. The highest BCUT2D eigenvalue weighted by Gasteiger charge is 2.10. The van der Waals surface area contributed by atoms with Crippen molar-refractivity contribution in [2.75, 3.05) is 0 Å². The molecule has 1 N–H and O–H groups in total. The molecule has 3 nitrogen and oxygen atoms in total. The second-order valence-corrected chi connectivity index (χ2v) is 5.79. The van der Waals surface area contributed by atoms with E-state index in [4.69, 9.17) is 12.2 Å². The molecular weight excluding hydrogens is 288 g/mol. The lowest BCUT2D eigenvalue weighted by Gasteiger charge is -2.01. The lowest BCUT2D eigenvalue weighted by atomic mass is 10.2. The summed E-state index contributed by atoms with van der Waals surface area (Å²) in [5.74, 6) is 0. The normalized spacial score (nSPS) is 10.8. The molecule has 2 aromatic heterocycles. The van der Waals surface area contributed by atoms with Crippen molar-refractivity contribution in [2.24, 2.45) is 0 Å². The largest absolute Gasteiger partial charge is 0.323 e. The van der Waals surface area contributed by atoms with Gasteiger partial charge in [-0.1, -0.05) is 36.4 Å². The van der Waals surface area contributed by atoms with Crippen LogP contribution in [0.5, 0.6) is 0 Å². The Kier molecular flexibility index (Phi) is 3.38. The summed E-state index contributed by atoms with van der Waals surface area (Å²) in [7, 11) is 0. The predicted octanol–water partition coefficient (Wildman–Crippen LogP) is 3.97. The Labute approximate surface area is 124 Å². The van der Waals surface area contributed by atoms with Crippen molar-refractivity contribution in [3.05, 3.63) is 64.2 Å². The van der Waals surface area contributed by atoms with Crippen molar-refractivity contribution < 1.29 is 0 Å². The van der Waals surface area contributed by atoms with Gasteiger partial charge in [-0.15, -0.1) is 17.9 Å². The molecule has 0 amide bonds. The van der Waals surface area contributed by atoms with Crippen molar-refractivity contribution in [2.45, 2.75) is 6.54 Å². The molecule has 5 heteroatoms. The van der Waals surface area contributed by atoms with Crippen LogP contribution in [0.4, 0.5) is 0 Å². The highest BCUT2D eigenvalue weighted by Crippen LogP contribution is 2.30. The quantitative estimate of drug-likeness (QED) is 0.587. The van der Waals surface area contributed by atoms with Gasteiger partial charge in [-0.25, -0.2) is 0 Å². The maximum atomic E-state index is 12.4. The number of thiophene rings is 1. The minimum atomic E-state index is -0.0675. The van der Waals surface area contributed by atoms with Crippen molar-refractivity contribution in [1.29, 1.82) is 0 Å². The Bertz CT molecular complexity index is 888. The first-order valence-electron chi connectivity index (χ1n) is 6.13. The third-order valence-electron chi connectivity index (χ3n) is 3.04. The predicted molar refractivity (Wildman–Crippen MR) is 86.9 cm³/mol. The summed E-state index contributed by atoms with van der Waals surface area (Å²) in [5.41, 5.74) is 1.03. The van der Waals surface area contributed by atoms with E-state index in [1.54, 1.807) is 17.4 Å². The van der Waals surface area contributed by atoms with E-state index in [1.165, 1.54) is 4.57 Å². The van der Waals surface area contributed by atoms with Gasteiger partial charge in [0.2, 0.25) is 0 Å². The molecule has 0 unspecified atom stereocenters. The van der Waals surface area contributed by atoms with E-state index in [1.807, 2.05) is 36.4 Å². The Hall–Kier alpha value is -1.98. The number of nitrogens with zero attached hydrogens (tertiary/aromatic N) is 1. The Morgan fingerprint density at radius 3 is 2.80 bits per heavy atom. The summed E-state index contributed by atoms with van der Waals surface area (Å²) in [6.07, 6.45) is 1.67. The van der Waals surface area contributed by atoms with Gasteiger partial charge in [-0.3, -0.25) is 9.36 Å². The zero-order chi connectivity index (χ0) is 14.1. The zero-order valence-electron chi connectivity index (χ0n) is 10.6. The molecule has 0 fully saturated rings. The van der Waals surface area contributed by atoms with E-state index in [9.17, 15) is 4.79 Å². The van der Waals surface area contributed by atoms with Crippen molar-refractivity contribution in [1.82, 2.24) is 9.55 Å². The van der Waals surface area contributed by atoms with Gasteiger partial charge in [0, 0.05) is 11.4 Å². The number of H-pyrrole nitrogens is 1. The van der Waals surface area contributed by atoms with E-state index in [-0.39, 0.29) is 5.56 Å². The van der Waals surface area contributed by atoms with Crippen LogP contribution in [0.2, 0.25) is 0 Å². The minimum absolute atomic E-state index is 0.0675. The molecule has 0 spiro atoms. The molecule has 3 aromatic rings. The molecule has 0 saturated carbocycles. The third kappa shape index (κ3) is 2.15. The average molecular weight is 300 g/mol. The Morgan fingerprint density at radius 2 is 2.10 bits per heavy atom. The smallest absolute Gasteiger partial charge is 0.263 e. The van der Waals surface area contributed by atoms with Gasteiger partial charge in [0.15, 0.2) is 4.77 Å². The zero-order valence-corrected chi connectivity index (χ0v) is 12.3. The van der Waals surface area contributed by atoms with Crippen LogP contribution in [0.3, 0.4) is 0 Å². The highest BCUT2D eigenvalue weighted by molar-refractivity contribution is 7.71. The van der Waals surface area contributed by atoms with Crippen LogP contribution >= 0.6 is 23.6 Å². The molecule has 20 heavy (non-hydrogen) atoms. The van der Waals surface area contributed by atoms with Gasteiger partial charge in [0.05, 0.1) is 5.39 Å². The molecule has 2 heterocycles. The van der Waals surface area contributed by atoms with Gasteiger partial charge < -0.3 is 4.98 Å². The highest BCUT2D eigenvalue weighted by atomic mass is 32.1. The second-order valence-electron chi connectivity index (χ2n) is 4.35. The topological polar surface area (TPSA) is 37.8 Å². The van der Waals surface area contributed by atoms with Crippen LogP contribution in [0.25, 0.3) is 20.7 Å². The van der Waals surface area contributed by atoms with E-state index >= 15 is 0 Å². The van der Waals surface area contributed by atoms with Gasteiger partial charge in [-0.05, 0) is 23.8 Å². The lowest BCUT2D eigenvalue weighted by molar-refractivity contribution is 0.754. The average Bonchev–Trinajstić information content (AvgIpc) is 2.88. The van der Waals surface area contributed by atoms with E-state index in [2.05, 4.69) is 11.6 Å². The molecule has 0 bridgehead atoms. The lowest BCUT2D eigenvalue weighted by Crippen LogP contribution is -2.20. The number of hydrogen-bond donors (Lipinski definition) is 1. The third-order valence-corrected chi connectivity index (χ3v) is 4.47. The van der Waals surface area contributed by atoms with Gasteiger partial charge in [-0.2, -0.15) is 0 Å². The first-order valence-corrected chi connectivity index (χ1v) is 7.36. The van der Waals surface area contributed by atoms with Crippen LogP contribution in [0.1, 0.15) is 0 Å². The van der Waals surface area contributed by atoms with Crippen molar-refractivity contribution in [3.63, 3.8) is 0 Å². The number of aromatic nitrogens is 2. The fraction of sp³-hybridized carbons (Fsp3) is 0.0667. The van der Waals surface area contributed by atoms with Crippen LogP contribution in [0, 0.1) is 4.77 Å². The minimum Gasteiger partial charge on any atom is -0.323 e.